The molecular weight excluding hydrogens is 278 g/mol. The molecular formula is C16H19N5O. The number of hydrogen-bond donors (Lipinski definition) is 1. The summed E-state index contributed by atoms with van der Waals surface area (Å²) in [5, 5.41) is 4.37. The van der Waals surface area contributed by atoms with Crippen molar-refractivity contribution in [2.45, 2.75) is 19.3 Å². The summed E-state index contributed by atoms with van der Waals surface area (Å²) >= 11 is 0. The van der Waals surface area contributed by atoms with Crippen molar-refractivity contribution in [3.05, 3.63) is 36.7 Å². The first kappa shape index (κ1) is 14.3. The molecule has 0 radical (unpaired) electrons. The fourth-order valence-electron chi connectivity index (χ4n) is 2.80. The van der Waals surface area contributed by atoms with Gasteiger partial charge in [-0.2, -0.15) is 5.10 Å². The van der Waals surface area contributed by atoms with Gasteiger partial charge in [0.25, 0.3) is 5.91 Å². The minimum absolute atomic E-state index is 0.0594. The van der Waals surface area contributed by atoms with Crippen LogP contribution in [0.25, 0.3) is 16.7 Å². The monoisotopic (exact) mass is 297 g/mol. The Morgan fingerprint density at radius 3 is 2.86 bits per heavy atom. The maximum absolute atomic E-state index is 12.5. The van der Waals surface area contributed by atoms with Crippen LogP contribution in [0.5, 0.6) is 0 Å². The zero-order chi connectivity index (χ0) is 15.5. The smallest absolute Gasteiger partial charge is 0.255 e. The third-order valence-electron chi connectivity index (χ3n) is 3.95. The number of piperidine rings is 1. The molecule has 0 spiro atoms. The summed E-state index contributed by atoms with van der Waals surface area (Å²) in [4.78, 5) is 18.8. The minimum atomic E-state index is 0.0594. The molecule has 6 nitrogen and oxygen atoms in total. The van der Waals surface area contributed by atoms with E-state index in [1.807, 2.05) is 23.2 Å². The summed E-state index contributed by atoms with van der Waals surface area (Å²) in [6.45, 7) is 5.56. The Hall–Kier alpha value is -2.63. The van der Waals surface area contributed by atoms with E-state index >= 15 is 0 Å². The van der Waals surface area contributed by atoms with Gasteiger partial charge in [-0.05, 0) is 31.4 Å². The van der Waals surface area contributed by atoms with E-state index in [0.29, 0.717) is 11.3 Å². The Kier molecular flexibility index (Phi) is 3.91. The molecule has 0 bridgehead atoms. The van der Waals surface area contributed by atoms with Crippen molar-refractivity contribution in [1.82, 2.24) is 14.5 Å². The van der Waals surface area contributed by atoms with Crippen molar-refractivity contribution in [2.24, 2.45) is 10.9 Å². The zero-order valence-corrected chi connectivity index (χ0v) is 12.4. The predicted octanol–water partition coefficient (Wildman–Crippen LogP) is 2.08. The third-order valence-corrected chi connectivity index (χ3v) is 3.95. The third kappa shape index (κ3) is 2.59. The molecule has 0 atom stereocenters. The van der Waals surface area contributed by atoms with Gasteiger partial charge in [-0.25, -0.2) is 4.98 Å². The maximum atomic E-state index is 12.5. The lowest BCUT2D eigenvalue weighted by Crippen LogP contribution is -2.35. The molecule has 2 aromatic heterocycles. The quantitative estimate of drug-likeness (QED) is 0.535. The van der Waals surface area contributed by atoms with E-state index in [9.17, 15) is 4.79 Å². The number of rotatable bonds is 3. The molecule has 1 saturated heterocycles. The summed E-state index contributed by atoms with van der Waals surface area (Å²) < 4.78 is 1.79. The van der Waals surface area contributed by atoms with Crippen molar-refractivity contribution < 1.29 is 4.79 Å². The number of amides is 1. The fraction of sp³-hybridized carbons (Fsp3) is 0.312. The number of carbonyl (C=O) groups is 1. The molecule has 0 aromatic carbocycles. The molecule has 114 valence electrons. The number of hydrogen-bond acceptors (Lipinski definition) is 4. The fourth-order valence-corrected chi connectivity index (χ4v) is 2.80. The standard InChI is InChI=1S/C16H19N5O/c1-12(10-19-17)21-8-5-13-9-14(11-18-15(13)21)16(22)20-6-3-2-4-7-20/h5,8-11H,1-4,6-7,17H2/b19-10-. The van der Waals surface area contributed by atoms with Gasteiger partial charge < -0.3 is 15.3 Å². The topological polar surface area (TPSA) is 76.5 Å². The van der Waals surface area contributed by atoms with E-state index in [4.69, 9.17) is 5.84 Å². The van der Waals surface area contributed by atoms with Crippen LogP contribution < -0.4 is 5.84 Å². The lowest BCUT2D eigenvalue weighted by molar-refractivity contribution is 0.0724. The van der Waals surface area contributed by atoms with Gasteiger partial charge in [-0.1, -0.05) is 6.58 Å². The average molecular weight is 297 g/mol. The van der Waals surface area contributed by atoms with Gasteiger partial charge in [-0.3, -0.25) is 4.79 Å². The van der Waals surface area contributed by atoms with Crippen molar-refractivity contribution in [3.63, 3.8) is 0 Å². The van der Waals surface area contributed by atoms with Gasteiger partial charge in [0.1, 0.15) is 5.65 Å². The first-order chi connectivity index (χ1) is 10.7. The van der Waals surface area contributed by atoms with Crippen molar-refractivity contribution in [3.8, 4) is 0 Å². The van der Waals surface area contributed by atoms with Crippen LogP contribution in [-0.4, -0.2) is 39.7 Å². The minimum Gasteiger partial charge on any atom is -0.339 e. The van der Waals surface area contributed by atoms with Gasteiger partial charge in [0.05, 0.1) is 17.5 Å². The summed E-state index contributed by atoms with van der Waals surface area (Å²) in [7, 11) is 0. The highest BCUT2D eigenvalue weighted by Crippen LogP contribution is 2.19. The van der Waals surface area contributed by atoms with Crippen LogP contribution in [0.4, 0.5) is 0 Å². The van der Waals surface area contributed by atoms with Crippen LogP contribution in [0.2, 0.25) is 0 Å². The first-order valence-electron chi connectivity index (χ1n) is 7.39. The van der Waals surface area contributed by atoms with Crippen molar-refractivity contribution in [1.29, 1.82) is 0 Å². The molecule has 2 aromatic rings. The molecule has 1 amide bonds. The van der Waals surface area contributed by atoms with Crippen molar-refractivity contribution in [2.75, 3.05) is 13.1 Å². The molecule has 1 aliphatic heterocycles. The lowest BCUT2D eigenvalue weighted by atomic mass is 10.1. The number of nitrogens with zero attached hydrogens (tertiary/aromatic N) is 4. The second-order valence-electron chi connectivity index (χ2n) is 5.44. The number of hydrazone groups is 1. The second-order valence-corrected chi connectivity index (χ2v) is 5.44. The largest absolute Gasteiger partial charge is 0.339 e. The Morgan fingerprint density at radius 1 is 1.36 bits per heavy atom. The maximum Gasteiger partial charge on any atom is 0.255 e. The lowest BCUT2D eigenvalue weighted by Gasteiger charge is -2.26. The summed E-state index contributed by atoms with van der Waals surface area (Å²) in [5.41, 5.74) is 1.99. The molecule has 22 heavy (non-hydrogen) atoms. The number of nitrogens with two attached hydrogens (primary N) is 1. The summed E-state index contributed by atoms with van der Waals surface area (Å²) in [6, 6.07) is 3.79. The Labute approximate surface area is 128 Å². The first-order valence-corrected chi connectivity index (χ1v) is 7.39. The van der Waals surface area contributed by atoms with Crippen LogP contribution in [-0.2, 0) is 0 Å². The Balaban J connectivity index is 1.90. The molecule has 0 unspecified atom stereocenters. The summed E-state index contributed by atoms with van der Waals surface area (Å²) in [5.74, 6) is 5.21. The van der Waals surface area contributed by atoms with Gasteiger partial charge >= 0.3 is 0 Å². The molecule has 0 aliphatic carbocycles. The summed E-state index contributed by atoms with van der Waals surface area (Å²) in [6.07, 6.45) is 8.30. The van der Waals surface area contributed by atoms with Gasteiger partial charge in [-0.15, -0.1) is 0 Å². The van der Waals surface area contributed by atoms with E-state index in [-0.39, 0.29) is 5.91 Å². The van der Waals surface area contributed by atoms with Crippen LogP contribution in [0, 0.1) is 0 Å². The van der Waals surface area contributed by atoms with Crippen LogP contribution in [0.3, 0.4) is 0 Å². The highest BCUT2D eigenvalue weighted by atomic mass is 16.2. The number of allylic oxidation sites excluding steroid dienone is 1. The number of carbonyl (C=O) groups excluding carboxylic acids is 1. The molecule has 0 saturated carbocycles. The number of pyridine rings is 1. The molecule has 2 N–H and O–H groups in total. The van der Waals surface area contributed by atoms with E-state index < -0.39 is 0 Å². The van der Waals surface area contributed by atoms with Crippen LogP contribution in [0.15, 0.2) is 36.2 Å². The Morgan fingerprint density at radius 2 is 2.14 bits per heavy atom. The van der Waals surface area contributed by atoms with Gasteiger partial charge in [0.15, 0.2) is 0 Å². The molecule has 3 heterocycles. The van der Waals surface area contributed by atoms with Crippen LogP contribution >= 0.6 is 0 Å². The Bertz CT molecular complexity index is 740. The number of likely N-dealkylation sites (tertiary alicyclic amines) is 1. The van der Waals surface area contributed by atoms with E-state index in [2.05, 4.69) is 16.7 Å². The van der Waals surface area contributed by atoms with Gasteiger partial charge in [0, 0.05) is 30.9 Å². The molecule has 1 fully saturated rings. The highest BCUT2D eigenvalue weighted by Gasteiger charge is 2.19. The zero-order valence-electron chi connectivity index (χ0n) is 12.4. The van der Waals surface area contributed by atoms with Crippen molar-refractivity contribution >= 4 is 28.9 Å². The predicted molar refractivity (Wildman–Crippen MR) is 87.5 cm³/mol. The SMILES string of the molecule is C=C(/C=N\N)n1ccc2cc(C(=O)N3CCCCC3)cnc21. The van der Waals surface area contributed by atoms with E-state index in [0.717, 1.165) is 37.0 Å². The average Bonchev–Trinajstić information content (AvgIpc) is 2.98. The van der Waals surface area contributed by atoms with Crippen LogP contribution in [0.1, 0.15) is 29.6 Å². The van der Waals surface area contributed by atoms with E-state index in [1.165, 1.54) is 12.6 Å². The van der Waals surface area contributed by atoms with E-state index in [1.54, 1.807) is 10.8 Å². The molecule has 1 aliphatic rings. The molecule has 3 rings (SSSR count). The second kappa shape index (κ2) is 6.01. The highest BCUT2D eigenvalue weighted by molar-refractivity contribution is 6.04. The number of aromatic nitrogens is 2. The number of fused-ring (bicyclic) bond motifs is 1. The van der Waals surface area contributed by atoms with Gasteiger partial charge in [0.2, 0.25) is 0 Å². The normalized spacial score (nSPS) is 15.5. The molecule has 6 heteroatoms.